The number of hydrogen-bond acceptors (Lipinski definition) is 5. The standard InChI is InChI=1S/C28H26O5/c1-17(2)27(29)32-25-21-12-8-9-13-22(21)26(33-28(30)18(3)4)24-16-20(14-15-23(24)25)31-19-10-6-5-7-11-19/h5-13,20H,1,3,14-16H2,2,4H3. The topological polar surface area (TPSA) is 61.8 Å². The molecule has 4 rings (SSSR count). The van der Waals surface area contributed by atoms with E-state index in [1.165, 1.54) is 0 Å². The lowest BCUT2D eigenvalue weighted by Gasteiger charge is -2.29. The van der Waals surface area contributed by atoms with E-state index < -0.39 is 11.9 Å². The largest absolute Gasteiger partial charge is 0.490 e. The summed E-state index contributed by atoms with van der Waals surface area (Å²) in [6, 6.07) is 17.1. The predicted octanol–water partition coefficient (Wildman–Crippen LogP) is 5.74. The van der Waals surface area contributed by atoms with E-state index in [9.17, 15) is 9.59 Å². The molecule has 0 N–H and O–H groups in total. The van der Waals surface area contributed by atoms with E-state index in [2.05, 4.69) is 13.2 Å². The molecule has 1 atom stereocenters. The second-order valence-corrected chi connectivity index (χ2v) is 8.30. The first kappa shape index (κ1) is 22.3. The van der Waals surface area contributed by atoms with Crippen molar-refractivity contribution in [3.8, 4) is 17.2 Å². The fourth-order valence-electron chi connectivity index (χ4n) is 3.98. The van der Waals surface area contributed by atoms with Crippen LogP contribution in [0.25, 0.3) is 10.8 Å². The zero-order valence-corrected chi connectivity index (χ0v) is 18.9. The number of hydrogen-bond donors (Lipinski definition) is 0. The van der Waals surface area contributed by atoms with Gasteiger partial charge in [-0.3, -0.25) is 0 Å². The van der Waals surface area contributed by atoms with Crippen molar-refractivity contribution in [1.29, 1.82) is 0 Å². The van der Waals surface area contributed by atoms with Gasteiger partial charge in [0.1, 0.15) is 23.4 Å². The molecule has 1 aliphatic rings. The van der Waals surface area contributed by atoms with Crippen LogP contribution in [0.3, 0.4) is 0 Å². The van der Waals surface area contributed by atoms with Crippen LogP contribution in [-0.4, -0.2) is 18.0 Å². The first-order valence-electron chi connectivity index (χ1n) is 10.9. The van der Waals surface area contributed by atoms with Gasteiger partial charge in [0.05, 0.1) is 0 Å². The SMILES string of the molecule is C=C(C)C(=O)Oc1c2c(c(OC(=O)C(=C)C)c3ccccc13)CC(Oc1ccccc1)CC2. The van der Waals surface area contributed by atoms with Gasteiger partial charge in [0, 0.05) is 39.5 Å². The number of carbonyl (C=O) groups excluding carboxylic acids is 2. The van der Waals surface area contributed by atoms with Crippen LogP contribution in [0.4, 0.5) is 0 Å². The minimum atomic E-state index is -0.500. The lowest BCUT2D eigenvalue weighted by atomic mass is 9.85. The molecule has 1 aliphatic carbocycles. The zero-order valence-electron chi connectivity index (χ0n) is 18.9. The highest BCUT2D eigenvalue weighted by atomic mass is 16.5. The molecule has 33 heavy (non-hydrogen) atoms. The average Bonchev–Trinajstić information content (AvgIpc) is 2.81. The van der Waals surface area contributed by atoms with Crippen molar-refractivity contribution in [3.63, 3.8) is 0 Å². The molecule has 0 bridgehead atoms. The lowest BCUT2D eigenvalue weighted by Crippen LogP contribution is -2.27. The van der Waals surface area contributed by atoms with Crippen molar-refractivity contribution in [1.82, 2.24) is 0 Å². The van der Waals surface area contributed by atoms with Gasteiger partial charge < -0.3 is 14.2 Å². The van der Waals surface area contributed by atoms with Crippen molar-refractivity contribution in [3.05, 3.63) is 90.0 Å². The van der Waals surface area contributed by atoms with Crippen LogP contribution in [0.1, 0.15) is 31.4 Å². The number of carbonyl (C=O) groups is 2. The molecule has 0 radical (unpaired) electrons. The number of para-hydroxylation sites is 1. The number of benzene rings is 3. The van der Waals surface area contributed by atoms with Crippen LogP contribution in [-0.2, 0) is 22.4 Å². The van der Waals surface area contributed by atoms with E-state index in [-0.39, 0.29) is 6.10 Å². The normalized spacial score (nSPS) is 14.8. The third kappa shape index (κ3) is 4.67. The molecule has 3 aromatic carbocycles. The van der Waals surface area contributed by atoms with E-state index in [0.717, 1.165) is 23.3 Å². The first-order chi connectivity index (χ1) is 15.8. The highest BCUT2D eigenvalue weighted by Gasteiger charge is 2.31. The van der Waals surface area contributed by atoms with E-state index in [1.807, 2.05) is 54.6 Å². The lowest BCUT2D eigenvalue weighted by molar-refractivity contribution is -0.131. The molecule has 168 valence electrons. The van der Waals surface area contributed by atoms with Crippen LogP contribution < -0.4 is 14.2 Å². The van der Waals surface area contributed by atoms with Crippen molar-refractivity contribution >= 4 is 22.7 Å². The highest BCUT2D eigenvalue weighted by molar-refractivity contribution is 6.01. The maximum atomic E-state index is 12.5. The third-order valence-corrected chi connectivity index (χ3v) is 5.61. The quantitative estimate of drug-likeness (QED) is 0.277. The van der Waals surface area contributed by atoms with Gasteiger partial charge in [-0.2, -0.15) is 0 Å². The van der Waals surface area contributed by atoms with Crippen molar-refractivity contribution in [2.24, 2.45) is 0 Å². The molecule has 1 unspecified atom stereocenters. The number of fused-ring (bicyclic) bond motifs is 2. The van der Waals surface area contributed by atoms with E-state index in [0.29, 0.717) is 46.3 Å². The predicted molar refractivity (Wildman–Crippen MR) is 128 cm³/mol. The minimum Gasteiger partial charge on any atom is -0.490 e. The van der Waals surface area contributed by atoms with Crippen LogP contribution in [0.5, 0.6) is 17.2 Å². The fourth-order valence-corrected chi connectivity index (χ4v) is 3.98. The molecule has 0 aliphatic heterocycles. The van der Waals surface area contributed by atoms with Crippen molar-refractivity contribution in [2.75, 3.05) is 0 Å². The number of rotatable bonds is 6. The maximum absolute atomic E-state index is 12.5. The summed E-state index contributed by atoms with van der Waals surface area (Å²) in [7, 11) is 0. The van der Waals surface area contributed by atoms with Gasteiger partial charge in [-0.25, -0.2) is 9.59 Å². The average molecular weight is 443 g/mol. The monoisotopic (exact) mass is 442 g/mol. The van der Waals surface area contributed by atoms with Crippen LogP contribution in [0.2, 0.25) is 0 Å². The molecule has 0 amide bonds. The smallest absolute Gasteiger partial charge is 0.338 e. The summed E-state index contributed by atoms with van der Waals surface area (Å²) in [6.07, 6.45) is 1.72. The Balaban J connectivity index is 1.85. The molecule has 0 saturated heterocycles. The van der Waals surface area contributed by atoms with Gasteiger partial charge in [-0.05, 0) is 38.8 Å². The van der Waals surface area contributed by atoms with Gasteiger partial charge in [-0.15, -0.1) is 0 Å². The number of esters is 2. The Kier molecular flexibility index (Phi) is 6.31. The van der Waals surface area contributed by atoms with Crippen LogP contribution in [0, 0.1) is 0 Å². The third-order valence-electron chi connectivity index (χ3n) is 5.61. The summed E-state index contributed by atoms with van der Waals surface area (Å²) >= 11 is 0. The molecule has 0 spiro atoms. The first-order valence-corrected chi connectivity index (χ1v) is 10.9. The second-order valence-electron chi connectivity index (χ2n) is 8.30. The molecule has 0 heterocycles. The molecular weight excluding hydrogens is 416 g/mol. The number of ether oxygens (including phenoxy) is 3. The Hall–Kier alpha value is -3.86. The van der Waals surface area contributed by atoms with Gasteiger partial charge in [0.25, 0.3) is 0 Å². The maximum Gasteiger partial charge on any atom is 0.338 e. The van der Waals surface area contributed by atoms with E-state index in [4.69, 9.17) is 14.2 Å². The zero-order chi connectivity index (χ0) is 23.5. The Morgan fingerprint density at radius 1 is 0.788 bits per heavy atom. The molecule has 0 fully saturated rings. The Bertz CT molecular complexity index is 1260. The Labute approximate surface area is 193 Å². The molecule has 3 aromatic rings. The van der Waals surface area contributed by atoms with Gasteiger partial charge in [0.15, 0.2) is 0 Å². The van der Waals surface area contributed by atoms with Crippen LogP contribution in [0.15, 0.2) is 78.9 Å². The molecule has 0 saturated carbocycles. The van der Waals surface area contributed by atoms with Crippen LogP contribution >= 0.6 is 0 Å². The summed E-state index contributed by atoms with van der Waals surface area (Å²) in [4.78, 5) is 25.0. The fraction of sp³-hybridized carbons (Fsp3) is 0.214. The Morgan fingerprint density at radius 2 is 1.30 bits per heavy atom. The molecule has 5 nitrogen and oxygen atoms in total. The summed E-state index contributed by atoms with van der Waals surface area (Å²) in [5.74, 6) is 0.741. The summed E-state index contributed by atoms with van der Waals surface area (Å²) in [5, 5.41) is 1.40. The van der Waals surface area contributed by atoms with Crippen molar-refractivity contribution in [2.45, 2.75) is 39.2 Å². The van der Waals surface area contributed by atoms with Gasteiger partial charge in [-0.1, -0.05) is 55.6 Å². The second kappa shape index (κ2) is 9.33. The molecular formula is C28H26O5. The highest BCUT2D eigenvalue weighted by Crippen LogP contribution is 2.45. The summed E-state index contributed by atoms with van der Waals surface area (Å²) < 4.78 is 17.9. The minimum absolute atomic E-state index is 0.118. The van der Waals surface area contributed by atoms with E-state index >= 15 is 0 Å². The summed E-state index contributed by atoms with van der Waals surface area (Å²) in [6.45, 7) is 10.6. The summed E-state index contributed by atoms with van der Waals surface area (Å²) in [5.41, 5.74) is 2.27. The van der Waals surface area contributed by atoms with Crippen molar-refractivity contribution < 1.29 is 23.8 Å². The van der Waals surface area contributed by atoms with Gasteiger partial charge >= 0.3 is 11.9 Å². The van der Waals surface area contributed by atoms with Gasteiger partial charge in [0.2, 0.25) is 0 Å². The molecule has 5 heteroatoms. The van der Waals surface area contributed by atoms with E-state index in [1.54, 1.807) is 13.8 Å². The molecule has 0 aromatic heterocycles. The Morgan fingerprint density at radius 3 is 1.85 bits per heavy atom.